The fourth-order valence-electron chi connectivity index (χ4n) is 3.42. The molecule has 2 aromatic rings. The van der Waals surface area contributed by atoms with Gasteiger partial charge in [-0.15, -0.1) is 0 Å². The fraction of sp³-hybridized carbons (Fsp3) is 0.391. The van der Waals surface area contributed by atoms with Crippen LogP contribution < -0.4 is 15.5 Å². The lowest BCUT2D eigenvalue weighted by Crippen LogP contribution is -2.52. The van der Waals surface area contributed by atoms with E-state index >= 15 is 0 Å². The van der Waals surface area contributed by atoms with Gasteiger partial charge in [-0.1, -0.05) is 36.4 Å². The predicted octanol–water partition coefficient (Wildman–Crippen LogP) is 2.62. The molecule has 0 aromatic heterocycles. The Morgan fingerprint density at radius 3 is 2.73 bits per heavy atom. The molecule has 1 aliphatic heterocycles. The van der Waals surface area contributed by atoms with E-state index in [-0.39, 0.29) is 24.3 Å². The summed E-state index contributed by atoms with van der Waals surface area (Å²) >= 11 is 0. The maximum atomic E-state index is 13.6. The highest BCUT2D eigenvalue weighted by molar-refractivity contribution is 5.86. The molecule has 0 bridgehead atoms. The number of halogens is 1. The number of nitrogens with zero attached hydrogens (tertiary/aromatic N) is 3. The topological polar surface area (TPSA) is 60.0 Å². The van der Waals surface area contributed by atoms with Crippen LogP contribution >= 0.6 is 0 Å². The number of benzene rings is 2. The zero-order valence-electron chi connectivity index (χ0n) is 17.6. The number of likely N-dealkylation sites (N-methyl/N-ethyl adjacent to an activating group) is 1. The minimum Gasteiger partial charge on any atom is -0.369 e. The standard InChI is InChI=1S/C23H30FN5O/c1-28(2)22(30)16-26-23(25-15-18-8-4-3-5-9-18)27-20-11-7-13-29(17-20)21-12-6-10-19(24)14-21/h3-6,8-10,12,14,20H,7,11,13,15-17H2,1-2H3,(H2,25,26,27). The van der Waals surface area contributed by atoms with Gasteiger partial charge in [0.2, 0.25) is 5.91 Å². The number of carbonyl (C=O) groups is 1. The molecule has 1 unspecified atom stereocenters. The normalized spacial score (nSPS) is 16.8. The zero-order valence-corrected chi connectivity index (χ0v) is 17.6. The number of hydrogen-bond donors (Lipinski definition) is 2. The van der Waals surface area contributed by atoms with Crippen molar-refractivity contribution in [1.29, 1.82) is 0 Å². The molecule has 1 aliphatic rings. The van der Waals surface area contributed by atoms with Crippen molar-refractivity contribution in [3.8, 4) is 0 Å². The molecule has 30 heavy (non-hydrogen) atoms. The molecule has 2 N–H and O–H groups in total. The van der Waals surface area contributed by atoms with Gasteiger partial charge < -0.3 is 20.4 Å². The van der Waals surface area contributed by atoms with Crippen LogP contribution in [0.1, 0.15) is 18.4 Å². The van der Waals surface area contributed by atoms with E-state index in [2.05, 4.69) is 20.5 Å². The molecule has 0 saturated carbocycles. The average molecular weight is 412 g/mol. The Balaban J connectivity index is 1.66. The van der Waals surface area contributed by atoms with Gasteiger partial charge in [0.1, 0.15) is 5.82 Å². The summed E-state index contributed by atoms with van der Waals surface area (Å²) < 4.78 is 13.6. The Bertz CT molecular complexity index is 856. The van der Waals surface area contributed by atoms with Gasteiger partial charge in [0.15, 0.2) is 5.96 Å². The van der Waals surface area contributed by atoms with Crippen LogP contribution in [0.25, 0.3) is 0 Å². The van der Waals surface area contributed by atoms with Crippen LogP contribution in [0.15, 0.2) is 59.6 Å². The smallest absolute Gasteiger partial charge is 0.241 e. The lowest BCUT2D eigenvalue weighted by molar-refractivity contribution is -0.127. The average Bonchev–Trinajstić information content (AvgIpc) is 2.76. The molecule has 1 heterocycles. The maximum absolute atomic E-state index is 13.6. The molecule has 7 heteroatoms. The van der Waals surface area contributed by atoms with E-state index < -0.39 is 0 Å². The molecule has 1 saturated heterocycles. The van der Waals surface area contributed by atoms with E-state index in [4.69, 9.17) is 0 Å². The number of rotatable bonds is 6. The molecule has 160 valence electrons. The van der Waals surface area contributed by atoms with Gasteiger partial charge in [-0.25, -0.2) is 9.38 Å². The first-order valence-electron chi connectivity index (χ1n) is 10.3. The van der Waals surface area contributed by atoms with Crippen LogP contribution in [-0.4, -0.2) is 56.5 Å². The summed E-state index contributed by atoms with van der Waals surface area (Å²) in [5.74, 6) is 0.367. The Hall–Kier alpha value is -3.09. The number of hydrogen-bond acceptors (Lipinski definition) is 3. The van der Waals surface area contributed by atoms with Gasteiger partial charge in [-0.05, 0) is 36.6 Å². The Kier molecular flexibility index (Phi) is 7.65. The van der Waals surface area contributed by atoms with Crippen LogP contribution in [0.2, 0.25) is 0 Å². The number of guanidine groups is 1. The summed E-state index contributed by atoms with van der Waals surface area (Å²) in [5.41, 5.74) is 1.99. The highest BCUT2D eigenvalue weighted by Crippen LogP contribution is 2.20. The van der Waals surface area contributed by atoms with E-state index in [1.54, 1.807) is 31.1 Å². The number of nitrogens with one attached hydrogen (secondary N) is 2. The second-order valence-electron chi connectivity index (χ2n) is 7.70. The molecule has 0 spiro atoms. The summed E-state index contributed by atoms with van der Waals surface area (Å²) in [4.78, 5) is 20.4. The van der Waals surface area contributed by atoms with Crippen molar-refractivity contribution in [2.45, 2.75) is 25.4 Å². The fourth-order valence-corrected chi connectivity index (χ4v) is 3.42. The predicted molar refractivity (Wildman–Crippen MR) is 119 cm³/mol. The first-order chi connectivity index (χ1) is 14.5. The number of carbonyl (C=O) groups excluding carboxylic acids is 1. The van der Waals surface area contributed by atoms with Crippen molar-refractivity contribution in [3.05, 3.63) is 66.0 Å². The molecule has 3 rings (SSSR count). The SMILES string of the molecule is CN(C)C(=O)CNC(=NCc1ccccc1)NC1CCCN(c2cccc(F)c2)C1. The molecular formula is C23H30FN5O. The molecule has 1 amide bonds. The molecular weight excluding hydrogens is 381 g/mol. The van der Waals surface area contributed by atoms with Crippen molar-refractivity contribution >= 4 is 17.6 Å². The second kappa shape index (κ2) is 10.6. The van der Waals surface area contributed by atoms with E-state index in [1.165, 1.54) is 6.07 Å². The molecule has 0 aliphatic carbocycles. The first-order valence-corrected chi connectivity index (χ1v) is 10.3. The summed E-state index contributed by atoms with van der Waals surface area (Å²) in [6.07, 6.45) is 1.98. The van der Waals surface area contributed by atoms with Crippen LogP contribution in [0.5, 0.6) is 0 Å². The third-order valence-electron chi connectivity index (χ3n) is 5.10. The van der Waals surface area contributed by atoms with E-state index in [0.29, 0.717) is 12.5 Å². The quantitative estimate of drug-likeness (QED) is 0.567. The third-order valence-corrected chi connectivity index (χ3v) is 5.10. The Morgan fingerprint density at radius 2 is 2.00 bits per heavy atom. The highest BCUT2D eigenvalue weighted by Gasteiger charge is 2.21. The van der Waals surface area contributed by atoms with Crippen molar-refractivity contribution in [2.75, 3.05) is 38.6 Å². The van der Waals surface area contributed by atoms with Gasteiger partial charge in [-0.3, -0.25) is 4.79 Å². The van der Waals surface area contributed by atoms with Crippen LogP contribution in [0.4, 0.5) is 10.1 Å². The summed E-state index contributed by atoms with van der Waals surface area (Å²) in [6.45, 7) is 2.34. The molecule has 1 atom stereocenters. The largest absolute Gasteiger partial charge is 0.369 e. The first kappa shape index (κ1) is 21.6. The molecule has 6 nitrogen and oxygen atoms in total. The van der Waals surface area contributed by atoms with Crippen molar-refractivity contribution in [3.63, 3.8) is 0 Å². The van der Waals surface area contributed by atoms with E-state index in [1.807, 2.05) is 36.4 Å². The number of anilines is 1. The van der Waals surface area contributed by atoms with Crippen LogP contribution in [0.3, 0.4) is 0 Å². The van der Waals surface area contributed by atoms with Crippen LogP contribution in [0, 0.1) is 5.82 Å². The second-order valence-corrected chi connectivity index (χ2v) is 7.70. The number of piperidine rings is 1. The van der Waals surface area contributed by atoms with Gasteiger partial charge >= 0.3 is 0 Å². The summed E-state index contributed by atoms with van der Waals surface area (Å²) in [7, 11) is 3.46. The number of aliphatic imine (C=N–C) groups is 1. The Morgan fingerprint density at radius 1 is 1.20 bits per heavy atom. The monoisotopic (exact) mass is 411 g/mol. The van der Waals surface area contributed by atoms with Gasteiger partial charge in [0, 0.05) is 38.9 Å². The maximum Gasteiger partial charge on any atom is 0.241 e. The van der Waals surface area contributed by atoms with Crippen molar-refractivity contribution < 1.29 is 9.18 Å². The minimum atomic E-state index is -0.225. The molecule has 0 radical (unpaired) electrons. The van der Waals surface area contributed by atoms with E-state index in [0.717, 1.165) is 37.2 Å². The minimum absolute atomic E-state index is 0.0192. The zero-order chi connectivity index (χ0) is 21.3. The van der Waals surface area contributed by atoms with Crippen molar-refractivity contribution in [2.24, 2.45) is 4.99 Å². The van der Waals surface area contributed by atoms with Gasteiger partial charge in [0.25, 0.3) is 0 Å². The molecule has 2 aromatic carbocycles. The summed E-state index contributed by atoms with van der Waals surface area (Å²) in [6, 6.07) is 16.9. The van der Waals surface area contributed by atoms with Crippen LogP contribution in [-0.2, 0) is 11.3 Å². The van der Waals surface area contributed by atoms with Crippen molar-refractivity contribution in [1.82, 2.24) is 15.5 Å². The van der Waals surface area contributed by atoms with E-state index in [9.17, 15) is 9.18 Å². The third kappa shape index (κ3) is 6.47. The summed E-state index contributed by atoms with van der Waals surface area (Å²) in [5, 5.41) is 6.62. The highest BCUT2D eigenvalue weighted by atomic mass is 19.1. The lowest BCUT2D eigenvalue weighted by atomic mass is 10.0. The molecule has 1 fully saturated rings. The van der Waals surface area contributed by atoms with Gasteiger partial charge in [-0.2, -0.15) is 0 Å². The lowest BCUT2D eigenvalue weighted by Gasteiger charge is -2.35. The van der Waals surface area contributed by atoms with Gasteiger partial charge in [0.05, 0.1) is 13.1 Å². The number of amides is 1. The Labute approximate surface area is 177 Å².